The second kappa shape index (κ2) is 4.70. The molecule has 0 bridgehead atoms. The number of carbonyl (C=O) groups is 1. The molecule has 0 radical (unpaired) electrons. The number of hydrogen-bond acceptors (Lipinski definition) is 3. The lowest BCUT2D eigenvalue weighted by atomic mass is 10.2. The zero-order chi connectivity index (χ0) is 13.3. The summed E-state index contributed by atoms with van der Waals surface area (Å²) in [4.78, 5) is 11.2. The molecule has 18 heavy (non-hydrogen) atoms. The number of rotatable bonds is 3. The van der Waals surface area contributed by atoms with Crippen LogP contribution in [0.3, 0.4) is 0 Å². The first-order valence-electron chi connectivity index (χ1n) is 5.74. The zero-order valence-corrected chi connectivity index (χ0v) is 10.9. The lowest BCUT2D eigenvalue weighted by Gasteiger charge is -2.21. The molecule has 1 aliphatic rings. The Bertz CT molecular complexity index is 567. The standard InChI is InChI=1S/C12H15NO4S/c1-9-4-2-5-10(8-9)18(16,17)13-7-3-6-11(13)12(14)15/h2,4-5,8,11H,3,6-7H2,1H3,(H,14,15)/t11-/m1/s1. The van der Waals surface area contributed by atoms with Gasteiger partial charge >= 0.3 is 5.97 Å². The Balaban J connectivity index is 2.40. The summed E-state index contributed by atoms with van der Waals surface area (Å²) in [6.07, 6.45) is 0.961. The first-order valence-corrected chi connectivity index (χ1v) is 7.18. The Hall–Kier alpha value is -1.40. The number of aryl methyl sites for hydroxylation is 1. The highest BCUT2D eigenvalue weighted by Crippen LogP contribution is 2.26. The minimum atomic E-state index is -3.70. The molecule has 98 valence electrons. The first-order chi connectivity index (χ1) is 8.43. The fourth-order valence-electron chi connectivity index (χ4n) is 2.19. The molecule has 0 aromatic heterocycles. The van der Waals surface area contributed by atoms with Crippen molar-refractivity contribution in [2.24, 2.45) is 0 Å². The number of hydrogen-bond donors (Lipinski definition) is 1. The van der Waals surface area contributed by atoms with Crippen molar-refractivity contribution in [3.63, 3.8) is 0 Å². The van der Waals surface area contributed by atoms with Crippen LogP contribution < -0.4 is 0 Å². The maximum absolute atomic E-state index is 12.4. The van der Waals surface area contributed by atoms with Crippen molar-refractivity contribution < 1.29 is 18.3 Å². The highest BCUT2D eigenvalue weighted by Gasteiger charge is 2.39. The third-order valence-electron chi connectivity index (χ3n) is 3.08. The molecule has 2 rings (SSSR count). The van der Waals surface area contributed by atoms with Gasteiger partial charge in [0.05, 0.1) is 4.90 Å². The van der Waals surface area contributed by atoms with Gasteiger partial charge in [0, 0.05) is 6.54 Å². The van der Waals surface area contributed by atoms with Crippen LogP contribution in [0.4, 0.5) is 0 Å². The molecular weight excluding hydrogens is 254 g/mol. The van der Waals surface area contributed by atoms with Crippen LogP contribution in [0.25, 0.3) is 0 Å². The van der Waals surface area contributed by atoms with Gasteiger partial charge in [-0.25, -0.2) is 8.42 Å². The van der Waals surface area contributed by atoms with E-state index in [0.717, 1.165) is 9.87 Å². The van der Waals surface area contributed by atoms with E-state index in [2.05, 4.69) is 0 Å². The quantitative estimate of drug-likeness (QED) is 0.895. The van der Waals surface area contributed by atoms with Crippen LogP contribution in [0, 0.1) is 6.92 Å². The van der Waals surface area contributed by atoms with Crippen LogP contribution in [0.1, 0.15) is 18.4 Å². The fourth-order valence-corrected chi connectivity index (χ4v) is 3.94. The Morgan fingerprint density at radius 2 is 2.17 bits per heavy atom. The van der Waals surface area contributed by atoms with E-state index in [9.17, 15) is 13.2 Å². The van der Waals surface area contributed by atoms with Crippen LogP contribution in [0.2, 0.25) is 0 Å². The summed E-state index contributed by atoms with van der Waals surface area (Å²) < 4.78 is 25.8. The van der Waals surface area contributed by atoms with Crippen LogP contribution in [-0.2, 0) is 14.8 Å². The second-order valence-electron chi connectivity index (χ2n) is 4.43. The van der Waals surface area contributed by atoms with E-state index in [1.807, 2.05) is 0 Å². The van der Waals surface area contributed by atoms with Crippen molar-refractivity contribution in [2.75, 3.05) is 6.54 Å². The van der Waals surface area contributed by atoms with E-state index in [1.165, 1.54) is 6.07 Å². The van der Waals surface area contributed by atoms with Crippen molar-refractivity contribution >= 4 is 16.0 Å². The van der Waals surface area contributed by atoms with Gasteiger partial charge in [0.2, 0.25) is 10.0 Å². The van der Waals surface area contributed by atoms with Gasteiger partial charge in [0.15, 0.2) is 0 Å². The van der Waals surface area contributed by atoms with Crippen molar-refractivity contribution in [1.29, 1.82) is 0 Å². The predicted molar refractivity (Wildman–Crippen MR) is 65.7 cm³/mol. The van der Waals surface area contributed by atoms with Crippen LogP contribution in [0.15, 0.2) is 29.2 Å². The highest BCUT2D eigenvalue weighted by atomic mass is 32.2. The normalized spacial score (nSPS) is 21.1. The largest absolute Gasteiger partial charge is 0.480 e. The molecule has 1 atom stereocenters. The molecule has 1 heterocycles. The minimum Gasteiger partial charge on any atom is -0.480 e. The summed E-state index contributed by atoms with van der Waals surface area (Å²) >= 11 is 0. The molecule has 1 saturated heterocycles. The van der Waals surface area contributed by atoms with E-state index in [1.54, 1.807) is 25.1 Å². The maximum atomic E-state index is 12.4. The highest BCUT2D eigenvalue weighted by molar-refractivity contribution is 7.89. The Kier molecular flexibility index (Phi) is 3.41. The number of aliphatic carboxylic acids is 1. The molecule has 0 saturated carbocycles. The third kappa shape index (κ3) is 2.26. The SMILES string of the molecule is Cc1cccc(S(=O)(=O)N2CCC[C@@H]2C(=O)O)c1. The van der Waals surface area contributed by atoms with Crippen LogP contribution in [0.5, 0.6) is 0 Å². The van der Waals surface area contributed by atoms with Gasteiger partial charge in [-0.3, -0.25) is 4.79 Å². The molecular formula is C12H15NO4S. The molecule has 1 aromatic carbocycles. The molecule has 6 heteroatoms. The van der Waals surface area contributed by atoms with Crippen molar-refractivity contribution in [1.82, 2.24) is 4.31 Å². The van der Waals surface area contributed by atoms with Crippen LogP contribution >= 0.6 is 0 Å². The number of sulfonamides is 1. The summed E-state index contributed by atoms with van der Waals surface area (Å²) in [7, 11) is -3.70. The molecule has 1 fully saturated rings. The molecule has 1 aliphatic heterocycles. The van der Waals surface area contributed by atoms with Gasteiger partial charge in [-0.15, -0.1) is 0 Å². The topological polar surface area (TPSA) is 74.7 Å². The lowest BCUT2D eigenvalue weighted by Crippen LogP contribution is -2.40. The van der Waals surface area contributed by atoms with Gasteiger partial charge in [-0.2, -0.15) is 4.31 Å². The lowest BCUT2D eigenvalue weighted by molar-refractivity contribution is -0.140. The average Bonchev–Trinajstić information content (AvgIpc) is 2.78. The maximum Gasteiger partial charge on any atom is 0.322 e. The molecule has 0 unspecified atom stereocenters. The summed E-state index contributed by atoms with van der Waals surface area (Å²) in [5.74, 6) is -1.08. The number of nitrogens with zero attached hydrogens (tertiary/aromatic N) is 1. The van der Waals surface area contributed by atoms with Gasteiger partial charge < -0.3 is 5.11 Å². The second-order valence-corrected chi connectivity index (χ2v) is 6.32. The van der Waals surface area contributed by atoms with Crippen molar-refractivity contribution in [3.8, 4) is 0 Å². The molecule has 5 nitrogen and oxygen atoms in total. The number of carboxylic acid groups (broad SMARTS) is 1. The summed E-state index contributed by atoms with van der Waals surface area (Å²) in [6, 6.07) is 5.59. The van der Waals surface area contributed by atoms with E-state index in [4.69, 9.17) is 5.11 Å². The summed E-state index contributed by atoms with van der Waals surface area (Å²) in [5.41, 5.74) is 0.835. The predicted octanol–water partition coefficient (Wildman–Crippen LogP) is 1.23. The summed E-state index contributed by atoms with van der Waals surface area (Å²) in [6.45, 7) is 2.07. The van der Waals surface area contributed by atoms with Crippen molar-refractivity contribution in [2.45, 2.75) is 30.7 Å². The van der Waals surface area contributed by atoms with E-state index >= 15 is 0 Å². The van der Waals surface area contributed by atoms with Gasteiger partial charge in [-0.1, -0.05) is 12.1 Å². The number of carboxylic acids is 1. The summed E-state index contributed by atoms with van der Waals surface area (Å²) in [5, 5.41) is 9.04. The zero-order valence-electron chi connectivity index (χ0n) is 10.0. The molecule has 1 aromatic rings. The van der Waals surface area contributed by atoms with Crippen molar-refractivity contribution in [3.05, 3.63) is 29.8 Å². The average molecular weight is 269 g/mol. The van der Waals surface area contributed by atoms with Gasteiger partial charge in [-0.05, 0) is 37.5 Å². The Morgan fingerprint density at radius 3 is 2.78 bits per heavy atom. The first kappa shape index (κ1) is 13.0. The smallest absolute Gasteiger partial charge is 0.322 e. The minimum absolute atomic E-state index is 0.163. The molecule has 0 aliphatic carbocycles. The Labute approximate surface area is 106 Å². The molecule has 0 amide bonds. The van der Waals surface area contributed by atoms with Gasteiger partial charge in [0.1, 0.15) is 6.04 Å². The van der Waals surface area contributed by atoms with E-state index in [0.29, 0.717) is 12.8 Å². The molecule has 0 spiro atoms. The van der Waals surface area contributed by atoms with Crippen LogP contribution in [-0.4, -0.2) is 36.4 Å². The Morgan fingerprint density at radius 1 is 1.44 bits per heavy atom. The third-order valence-corrected chi connectivity index (χ3v) is 4.99. The number of benzene rings is 1. The van der Waals surface area contributed by atoms with E-state index < -0.39 is 22.0 Å². The monoisotopic (exact) mass is 269 g/mol. The fraction of sp³-hybridized carbons (Fsp3) is 0.417. The van der Waals surface area contributed by atoms with E-state index in [-0.39, 0.29) is 11.4 Å². The molecule has 1 N–H and O–H groups in total. The van der Waals surface area contributed by atoms with Gasteiger partial charge in [0.25, 0.3) is 0 Å².